The second kappa shape index (κ2) is 6.90. The van der Waals surface area contributed by atoms with Gasteiger partial charge in [0.25, 0.3) is 5.91 Å². The van der Waals surface area contributed by atoms with Crippen molar-refractivity contribution in [2.75, 3.05) is 6.61 Å². The van der Waals surface area contributed by atoms with Gasteiger partial charge < -0.3 is 10.4 Å². The fraction of sp³-hybridized carbons (Fsp3) is 0.188. The Hall–Kier alpha value is -2.09. The first-order chi connectivity index (χ1) is 9.70. The van der Waals surface area contributed by atoms with E-state index in [4.69, 9.17) is 5.11 Å². The van der Waals surface area contributed by atoms with Crippen LogP contribution in [0.5, 0.6) is 0 Å². The van der Waals surface area contributed by atoms with Gasteiger partial charge >= 0.3 is 0 Å². The Labute approximate surface area is 122 Å². The van der Waals surface area contributed by atoms with Gasteiger partial charge in [0, 0.05) is 17.7 Å². The van der Waals surface area contributed by atoms with Crippen LogP contribution in [-0.2, 0) is 6.54 Å². The minimum absolute atomic E-state index is 0.110. The van der Waals surface area contributed by atoms with Crippen LogP contribution in [0.2, 0.25) is 0 Å². The topological polar surface area (TPSA) is 49.3 Å². The molecule has 3 nitrogen and oxygen atoms in total. The third-order valence-electron chi connectivity index (χ3n) is 2.83. The average molecular weight is 285 g/mol. The van der Waals surface area contributed by atoms with E-state index in [9.17, 15) is 4.79 Å². The highest BCUT2D eigenvalue weighted by molar-refractivity contribution is 7.07. The molecule has 0 saturated heterocycles. The normalized spacial score (nSPS) is 9.70. The number of carbonyl (C=O) groups excluding carboxylic acids is 1. The summed E-state index contributed by atoms with van der Waals surface area (Å²) in [5.41, 5.74) is 3.34. The first kappa shape index (κ1) is 14.3. The molecule has 0 bridgehead atoms. The fourth-order valence-electron chi connectivity index (χ4n) is 1.76. The fourth-order valence-corrected chi connectivity index (χ4v) is 2.43. The van der Waals surface area contributed by atoms with Crippen molar-refractivity contribution in [1.82, 2.24) is 5.32 Å². The first-order valence-corrected chi connectivity index (χ1v) is 7.14. The van der Waals surface area contributed by atoms with E-state index in [1.54, 1.807) is 17.4 Å². The Morgan fingerprint density at radius 3 is 2.95 bits per heavy atom. The van der Waals surface area contributed by atoms with E-state index in [2.05, 4.69) is 17.2 Å². The molecule has 0 aliphatic rings. The van der Waals surface area contributed by atoms with Gasteiger partial charge in [-0.15, -0.1) is 0 Å². The van der Waals surface area contributed by atoms with Crippen LogP contribution in [0, 0.1) is 18.8 Å². The Morgan fingerprint density at radius 1 is 1.40 bits per heavy atom. The number of aliphatic hydroxyl groups is 1. The molecular weight excluding hydrogens is 270 g/mol. The summed E-state index contributed by atoms with van der Waals surface area (Å²) in [6, 6.07) is 7.44. The molecule has 2 rings (SSSR count). The van der Waals surface area contributed by atoms with Crippen molar-refractivity contribution < 1.29 is 9.90 Å². The quantitative estimate of drug-likeness (QED) is 0.850. The summed E-state index contributed by atoms with van der Waals surface area (Å²) >= 11 is 1.61. The summed E-state index contributed by atoms with van der Waals surface area (Å²) < 4.78 is 0. The summed E-state index contributed by atoms with van der Waals surface area (Å²) in [6.07, 6.45) is 0. The molecule has 2 N–H and O–H groups in total. The summed E-state index contributed by atoms with van der Waals surface area (Å²) in [6.45, 7) is 2.23. The number of rotatable bonds is 3. The molecule has 20 heavy (non-hydrogen) atoms. The number of thiophene rings is 1. The Morgan fingerprint density at radius 2 is 2.25 bits per heavy atom. The molecule has 0 fully saturated rings. The number of hydrogen-bond donors (Lipinski definition) is 2. The molecule has 0 spiro atoms. The van der Waals surface area contributed by atoms with E-state index in [0.717, 1.165) is 16.7 Å². The minimum atomic E-state index is -0.187. The van der Waals surface area contributed by atoms with Crippen LogP contribution in [0.3, 0.4) is 0 Å². The van der Waals surface area contributed by atoms with Crippen molar-refractivity contribution in [2.45, 2.75) is 13.5 Å². The SMILES string of the molecule is Cc1ccc(C#CCO)cc1C(=O)NCc1ccsc1. The van der Waals surface area contributed by atoms with Crippen LogP contribution < -0.4 is 5.32 Å². The van der Waals surface area contributed by atoms with Gasteiger partial charge in [-0.3, -0.25) is 4.79 Å². The smallest absolute Gasteiger partial charge is 0.251 e. The van der Waals surface area contributed by atoms with Gasteiger partial charge in [0.05, 0.1) is 0 Å². The van der Waals surface area contributed by atoms with Crippen molar-refractivity contribution in [3.63, 3.8) is 0 Å². The number of nitrogens with one attached hydrogen (secondary N) is 1. The lowest BCUT2D eigenvalue weighted by atomic mass is 10.0. The molecule has 0 unspecified atom stereocenters. The van der Waals surface area contributed by atoms with Gasteiger partial charge in [0.1, 0.15) is 6.61 Å². The second-order valence-electron chi connectivity index (χ2n) is 4.30. The molecule has 0 aliphatic carbocycles. The molecule has 0 radical (unpaired) electrons. The van der Waals surface area contributed by atoms with Crippen molar-refractivity contribution in [2.24, 2.45) is 0 Å². The van der Waals surface area contributed by atoms with Crippen molar-refractivity contribution in [3.8, 4) is 11.8 Å². The standard InChI is InChI=1S/C16H15NO2S/c1-12-4-5-13(3-2-7-18)9-15(12)16(19)17-10-14-6-8-20-11-14/h4-6,8-9,11,18H,7,10H2,1H3,(H,17,19). The molecule has 0 atom stereocenters. The Kier molecular flexibility index (Phi) is 4.94. The number of carbonyl (C=O) groups is 1. The van der Waals surface area contributed by atoms with Crippen LogP contribution in [-0.4, -0.2) is 17.6 Å². The van der Waals surface area contributed by atoms with Crippen LogP contribution >= 0.6 is 11.3 Å². The van der Waals surface area contributed by atoms with Crippen LogP contribution in [0.25, 0.3) is 0 Å². The number of amides is 1. The van der Waals surface area contributed by atoms with Gasteiger partial charge in [0.15, 0.2) is 0 Å². The minimum Gasteiger partial charge on any atom is -0.384 e. The zero-order valence-electron chi connectivity index (χ0n) is 11.1. The summed E-state index contributed by atoms with van der Waals surface area (Å²) in [7, 11) is 0. The summed E-state index contributed by atoms with van der Waals surface area (Å²) in [4.78, 5) is 12.2. The van der Waals surface area contributed by atoms with E-state index in [0.29, 0.717) is 12.1 Å². The second-order valence-corrected chi connectivity index (χ2v) is 5.08. The highest BCUT2D eigenvalue weighted by atomic mass is 32.1. The predicted molar refractivity (Wildman–Crippen MR) is 80.6 cm³/mol. The molecule has 2 aromatic rings. The molecule has 0 saturated carbocycles. The lowest BCUT2D eigenvalue weighted by Gasteiger charge is -2.07. The lowest BCUT2D eigenvalue weighted by Crippen LogP contribution is -2.23. The maximum atomic E-state index is 12.2. The Balaban J connectivity index is 2.12. The zero-order chi connectivity index (χ0) is 14.4. The van der Waals surface area contributed by atoms with Crippen LogP contribution in [0.4, 0.5) is 0 Å². The van der Waals surface area contributed by atoms with Gasteiger partial charge in [-0.2, -0.15) is 11.3 Å². The predicted octanol–water partition coefficient (Wildman–Crippen LogP) is 2.33. The average Bonchev–Trinajstić information content (AvgIpc) is 2.97. The maximum Gasteiger partial charge on any atom is 0.251 e. The van der Waals surface area contributed by atoms with E-state index >= 15 is 0 Å². The molecule has 1 amide bonds. The number of benzene rings is 1. The molecule has 1 aromatic carbocycles. The zero-order valence-corrected chi connectivity index (χ0v) is 12.0. The third kappa shape index (κ3) is 3.70. The number of aliphatic hydroxyl groups excluding tert-OH is 1. The van der Waals surface area contributed by atoms with Gasteiger partial charge in [-0.05, 0) is 47.0 Å². The summed E-state index contributed by atoms with van der Waals surface area (Å²) in [5.74, 6) is 5.28. The molecule has 4 heteroatoms. The largest absolute Gasteiger partial charge is 0.384 e. The maximum absolute atomic E-state index is 12.2. The highest BCUT2D eigenvalue weighted by Crippen LogP contribution is 2.11. The van der Waals surface area contributed by atoms with Crippen molar-refractivity contribution >= 4 is 17.2 Å². The molecular formula is C16H15NO2S. The lowest BCUT2D eigenvalue weighted by molar-refractivity contribution is 0.0950. The van der Waals surface area contributed by atoms with E-state index in [1.165, 1.54) is 0 Å². The van der Waals surface area contributed by atoms with E-state index in [-0.39, 0.29) is 12.5 Å². The highest BCUT2D eigenvalue weighted by Gasteiger charge is 2.09. The third-order valence-corrected chi connectivity index (χ3v) is 3.56. The monoisotopic (exact) mass is 285 g/mol. The summed E-state index contributed by atoms with van der Waals surface area (Å²) in [5, 5.41) is 15.6. The Bertz CT molecular complexity index is 651. The van der Waals surface area contributed by atoms with Crippen molar-refractivity contribution in [1.29, 1.82) is 0 Å². The molecule has 0 aliphatic heterocycles. The number of aryl methyl sites for hydroxylation is 1. The van der Waals surface area contributed by atoms with Gasteiger partial charge in [-0.1, -0.05) is 17.9 Å². The van der Waals surface area contributed by atoms with Crippen LogP contribution in [0.15, 0.2) is 35.0 Å². The van der Waals surface area contributed by atoms with E-state index < -0.39 is 0 Å². The number of hydrogen-bond acceptors (Lipinski definition) is 3. The molecule has 1 aromatic heterocycles. The van der Waals surface area contributed by atoms with Gasteiger partial charge in [-0.25, -0.2) is 0 Å². The molecule has 1 heterocycles. The first-order valence-electron chi connectivity index (χ1n) is 6.20. The van der Waals surface area contributed by atoms with Gasteiger partial charge in [0.2, 0.25) is 0 Å². The van der Waals surface area contributed by atoms with Crippen LogP contribution in [0.1, 0.15) is 27.0 Å². The molecule has 102 valence electrons. The van der Waals surface area contributed by atoms with E-state index in [1.807, 2.05) is 35.9 Å². The van der Waals surface area contributed by atoms with Crippen molar-refractivity contribution in [3.05, 3.63) is 57.3 Å².